The highest BCUT2D eigenvalue weighted by Gasteiger charge is 2.31. The predicted octanol–water partition coefficient (Wildman–Crippen LogP) is -3.94. The van der Waals surface area contributed by atoms with Crippen molar-refractivity contribution < 1.29 is 49.2 Å². The van der Waals surface area contributed by atoms with E-state index in [1.54, 1.807) is 26.0 Å². The lowest BCUT2D eigenvalue weighted by molar-refractivity contribution is -0.143. The molecule has 1 rings (SSSR count). The summed E-state index contributed by atoms with van der Waals surface area (Å²) in [6.45, 7) is 0.555. The third-order valence-corrected chi connectivity index (χ3v) is 6.02. The minimum Gasteiger partial charge on any atom is -0.508 e. The molecule has 5 atom stereocenters. The number of aliphatic hydroxyl groups is 2. The van der Waals surface area contributed by atoms with Crippen molar-refractivity contribution in [2.75, 3.05) is 26.3 Å². The van der Waals surface area contributed by atoms with Crippen LogP contribution in [0, 0.1) is 5.92 Å². The van der Waals surface area contributed by atoms with Crippen molar-refractivity contribution in [1.29, 1.82) is 0 Å². The van der Waals surface area contributed by atoms with Crippen LogP contribution in [-0.4, -0.2) is 106 Å². The number of rotatable bonds is 17. The first-order chi connectivity index (χ1) is 19.3. The third-order valence-electron chi connectivity index (χ3n) is 6.02. The Morgan fingerprint density at radius 3 is 1.90 bits per heavy atom. The van der Waals surface area contributed by atoms with E-state index in [0.717, 1.165) is 0 Å². The van der Waals surface area contributed by atoms with E-state index in [1.807, 2.05) is 5.32 Å². The van der Waals surface area contributed by atoms with Crippen molar-refractivity contribution in [2.45, 2.75) is 50.9 Å². The molecule has 0 radical (unpaired) electrons. The number of aliphatic hydroxyl groups excluding tert-OH is 2. The maximum atomic E-state index is 12.8. The predicted molar refractivity (Wildman–Crippen MR) is 143 cm³/mol. The van der Waals surface area contributed by atoms with Crippen LogP contribution in [0.5, 0.6) is 5.75 Å². The van der Waals surface area contributed by atoms with E-state index in [9.17, 15) is 39.0 Å². The minimum atomic E-state index is -1.65. The SMILES string of the molecule is CCC(C)C(NC(=O)CNC(=O)CNC(=O)C(N)Cc1ccc(O)cc1)C(=O)NC(CO)C(=O)NC(CO)C(=O)O. The van der Waals surface area contributed by atoms with Crippen LogP contribution >= 0.6 is 0 Å². The van der Waals surface area contributed by atoms with Crippen molar-refractivity contribution >= 4 is 35.5 Å². The second kappa shape index (κ2) is 17.4. The third kappa shape index (κ3) is 12.2. The molecule has 11 N–H and O–H groups in total. The average Bonchev–Trinajstić information content (AvgIpc) is 2.95. The van der Waals surface area contributed by atoms with E-state index in [1.165, 1.54) is 12.1 Å². The number of aliphatic carboxylic acids is 1. The minimum absolute atomic E-state index is 0.0650. The molecular formula is C25H38N6O10. The molecule has 5 unspecified atom stereocenters. The summed E-state index contributed by atoms with van der Waals surface area (Å²) in [7, 11) is 0. The zero-order chi connectivity index (χ0) is 31.1. The van der Waals surface area contributed by atoms with Gasteiger partial charge in [-0.2, -0.15) is 0 Å². The van der Waals surface area contributed by atoms with Gasteiger partial charge in [0.25, 0.3) is 0 Å². The number of carboxylic acids is 1. The van der Waals surface area contributed by atoms with Crippen molar-refractivity contribution in [3.63, 3.8) is 0 Å². The Kier molecular flexibility index (Phi) is 14.8. The Balaban J connectivity index is 2.61. The van der Waals surface area contributed by atoms with Gasteiger partial charge in [-0.3, -0.25) is 24.0 Å². The maximum Gasteiger partial charge on any atom is 0.328 e. The lowest BCUT2D eigenvalue weighted by Gasteiger charge is -2.26. The first kappa shape index (κ1) is 34.7. The second-order valence-electron chi connectivity index (χ2n) is 9.23. The van der Waals surface area contributed by atoms with Gasteiger partial charge in [0, 0.05) is 0 Å². The number of hydrogen-bond acceptors (Lipinski definition) is 10. The van der Waals surface area contributed by atoms with Gasteiger partial charge in [-0.05, 0) is 30.0 Å². The number of nitrogens with two attached hydrogens (primary N) is 1. The van der Waals surface area contributed by atoms with Crippen LogP contribution in [-0.2, 0) is 35.2 Å². The van der Waals surface area contributed by atoms with Gasteiger partial charge in [-0.1, -0.05) is 32.4 Å². The summed E-state index contributed by atoms with van der Waals surface area (Å²) >= 11 is 0. The van der Waals surface area contributed by atoms with Crippen molar-refractivity contribution in [1.82, 2.24) is 26.6 Å². The number of nitrogens with one attached hydrogen (secondary N) is 5. The fraction of sp³-hybridized carbons (Fsp3) is 0.520. The molecule has 16 heteroatoms. The van der Waals surface area contributed by atoms with E-state index < -0.39 is 91.9 Å². The summed E-state index contributed by atoms with van der Waals surface area (Å²) < 4.78 is 0. The summed E-state index contributed by atoms with van der Waals surface area (Å²) in [5.41, 5.74) is 6.54. The topological polar surface area (TPSA) is 270 Å². The van der Waals surface area contributed by atoms with E-state index in [-0.39, 0.29) is 12.2 Å². The zero-order valence-electron chi connectivity index (χ0n) is 22.8. The van der Waals surface area contributed by atoms with Crippen LogP contribution in [0.25, 0.3) is 0 Å². The summed E-state index contributed by atoms with van der Waals surface area (Å²) in [6, 6.07) is 0.740. The summed E-state index contributed by atoms with van der Waals surface area (Å²) in [5, 5.41) is 48.1. The number of carbonyl (C=O) groups is 6. The monoisotopic (exact) mass is 582 g/mol. The molecule has 5 amide bonds. The van der Waals surface area contributed by atoms with E-state index in [4.69, 9.17) is 15.9 Å². The smallest absolute Gasteiger partial charge is 0.328 e. The van der Waals surface area contributed by atoms with Crippen LogP contribution < -0.4 is 32.3 Å². The Labute approximate surface area is 236 Å². The summed E-state index contributed by atoms with van der Waals surface area (Å²) in [4.78, 5) is 72.8. The molecule has 41 heavy (non-hydrogen) atoms. The highest BCUT2D eigenvalue weighted by Crippen LogP contribution is 2.11. The number of phenolic OH excluding ortho intramolecular Hbond substituents is 1. The van der Waals surface area contributed by atoms with Gasteiger partial charge < -0.3 is 52.7 Å². The molecule has 0 saturated heterocycles. The normalized spacial score (nSPS) is 14.4. The summed E-state index contributed by atoms with van der Waals surface area (Å²) in [5.74, 6) is -5.89. The number of benzene rings is 1. The van der Waals surface area contributed by atoms with Gasteiger partial charge >= 0.3 is 5.97 Å². The first-order valence-corrected chi connectivity index (χ1v) is 12.7. The van der Waals surface area contributed by atoms with Crippen LogP contribution in [0.4, 0.5) is 0 Å². The number of carbonyl (C=O) groups excluding carboxylic acids is 5. The Bertz CT molecular complexity index is 1070. The summed E-state index contributed by atoms with van der Waals surface area (Å²) in [6.07, 6.45) is 0.582. The van der Waals surface area contributed by atoms with Gasteiger partial charge in [0.15, 0.2) is 0 Å². The molecule has 0 aliphatic heterocycles. The van der Waals surface area contributed by atoms with Gasteiger partial charge in [-0.15, -0.1) is 0 Å². The van der Waals surface area contributed by atoms with E-state index in [0.29, 0.717) is 12.0 Å². The highest BCUT2D eigenvalue weighted by atomic mass is 16.4. The average molecular weight is 583 g/mol. The fourth-order valence-electron chi connectivity index (χ4n) is 3.36. The van der Waals surface area contributed by atoms with Gasteiger partial charge in [0.05, 0.1) is 32.3 Å². The molecule has 228 valence electrons. The molecule has 0 aliphatic carbocycles. The molecule has 0 heterocycles. The maximum absolute atomic E-state index is 12.8. The van der Waals surface area contributed by atoms with Gasteiger partial charge in [0.1, 0.15) is 23.9 Å². The fourth-order valence-corrected chi connectivity index (χ4v) is 3.36. The van der Waals surface area contributed by atoms with E-state index >= 15 is 0 Å². The standard InChI is InChI=1S/C25H38N6O10/c1-3-13(2)21(24(39)29-17(11-32)23(38)30-18(12-33)25(40)41)31-20(36)10-27-19(35)9-28-22(37)16(26)8-14-4-6-15(34)7-5-14/h4-7,13,16-18,21,32-34H,3,8-12,26H2,1-2H3,(H,27,35)(H,28,37)(H,29,39)(H,30,38)(H,31,36)(H,40,41). The first-order valence-electron chi connectivity index (χ1n) is 12.7. The van der Waals surface area contributed by atoms with Crippen molar-refractivity contribution in [3.05, 3.63) is 29.8 Å². The largest absolute Gasteiger partial charge is 0.508 e. The lowest BCUT2D eigenvalue weighted by Crippen LogP contribution is -2.59. The molecular weight excluding hydrogens is 544 g/mol. The lowest BCUT2D eigenvalue weighted by atomic mass is 9.98. The highest BCUT2D eigenvalue weighted by molar-refractivity contribution is 5.94. The van der Waals surface area contributed by atoms with Crippen LogP contribution in [0.15, 0.2) is 24.3 Å². The van der Waals surface area contributed by atoms with Gasteiger partial charge in [0.2, 0.25) is 29.5 Å². The van der Waals surface area contributed by atoms with Crippen molar-refractivity contribution in [2.24, 2.45) is 11.7 Å². The van der Waals surface area contributed by atoms with E-state index in [2.05, 4.69) is 21.3 Å². The van der Waals surface area contributed by atoms with Crippen LogP contribution in [0.2, 0.25) is 0 Å². The molecule has 0 fully saturated rings. The molecule has 0 aliphatic rings. The Morgan fingerprint density at radius 1 is 0.805 bits per heavy atom. The molecule has 0 aromatic heterocycles. The molecule has 1 aromatic carbocycles. The second-order valence-corrected chi connectivity index (χ2v) is 9.23. The number of carboxylic acid groups (broad SMARTS) is 1. The molecule has 0 spiro atoms. The number of phenols is 1. The number of hydrogen-bond donors (Lipinski definition) is 10. The van der Waals surface area contributed by atoms with Gasteiger partial charge in [-0.25, -0.2) is 4.79 Å². The van der Waals surface area contributed by atoms with Crippen molar-refractivity contribution in [3.8, 4) is 5.75 Å². The molecule has 0 saturated carbocycles. The number of amides is 5. The Morgan fingerprint density at radius 2 is 1.37 bits per heavy atom. The number of aromatic hydroxyl groups is 1. The zero-order valence-corrected chi connectivity index (χ0v) is 22.8. The molecule has 1 aromatic rings. The molecule has 0 bridgehead atoms. The molecule has 16 nitrogen and oxygen atoms in total. The van der Waals surface area contributed by atoms with Crippen LogP contribution in [0.1, 0.15) is 25.8 Å². The quantitative estimate of drug-likeness (QED) is 0.0847. The van der Waals surface area contributed by atoms with Crippen LogP contribution in [0.3, 0.4) is 0 Å². The Hall–Kier alpha value is -4.28.